The fourth-order valence-electron chi connectivity index (χ4n) is 0.897. The number of morpholine rings is 1. The molecule has 1 aliphatic heterocycles. The van der Waals surface area contributed by atoms with Crippen LogP contribution in [0.3, 0.4) is 0 Å². The van der Waals surface area contributed by atoms with Gasteiger partial charge in [-0.2, -0.15) is 0 Å². The van der Waals surface area contributed by atoms with Crippen molar-refractivity contribution in [1.29, 1.82) is 0 Å². The van der Waals surface area contributed by atoms with Gasteiger partial charge in [0.2, 0.25) is 5.91 Å². The molecule has 1 fully saturated rings. The van der Waals surface area contributed by atoms with Crippen LogP contribution < -0.4 is 0 Å². The van der Waals surface area contributed by atoms with E-state index in [0.29, 0.717) is 17.6 Å². The highest BCUT2D eigenvalue weighted by atomic mass is 127. The van der Waals surface area contributed by atoms with E-state index >= 15 is 0 Å². The number of hydrogen-bond acceptors (Lipinski definition) is 2. The van der Waals surface area contributed by atoms with Gasteiger partial charge < -0.3 is 9.64 Å². The van der Waals surface area contributed by atoms with Crippen molar-refractivity contribution >= 4 is 28.5 Å². The van der Waals surface area contributed by atoms with Crippen molar-refractivity contribution in [2.75, 3.05) is 30.7 Å². The minimum absolute atomic E-state index is 0.226. The predicted octanol–water partition coefficient (Wildman–Crippen LogP) is 0.280. The van der Waals surface area contributed by atoms with Crippen molar-refractivity contribution in [2.45, 2.75) is 0 Å². The second kappa shape index (κ2) is 4.12. The summed E-state index contributed by atoms with van der Waals surface area (Å²) >= 11 is 2.08. The Morgan fingerprint density at radius 1 is 1.50 bits per heavy atom. The Bertz CT molecular complexity index is 123. The molecule has 0 spiro atoms. The summed E-state index contributed by atoms with van der Waals surface area (Å²) < 4.78 is 5.68. The molecule has 0 bridgehead atoms. The number of amides is 1. The predicted molar refractivity (Wildman–Crippen MR) is 46.3 cm³/mol. The molecule has 10 heavy (non-hydrogen) atoms. The Hall–Kier alpha value is 0.160. The van der Waals surface area contributed by atoms with Crippen molar-refractivity contribution < 1.29 is 9.53 Å². The van der Waals surface area contributed by atoms with Crippen LogP contribution in [0.1, 0.15) is 0 Å². The zero-order chi connectivity index (χ0) is 7.40. The molecule has 0 atom stereocenters. The highest BCUT2D eigenvalue weighted by Gasteiger charge is 2.14. The Morgan fingerprint density at radius 2 is 2.10 bits per heavy atom. The van der Waals surface area contributed by atoms with E-state index in [1.54, 1.807) is 0 Å². The maximum absolute atomic E-state index is 11.0. The zero-order valence-electron chi connectivity index (χ0n) is 5.68. The number of carbonyl (C=O) groups excluding carboxylic acids is 1. The molecule has 0 aromatic carbocycles. The van der Waals surface area contributed by atoms with E-state index in [-0.39, 0.29) is 5.91 Å². The zero-order valence-corrected chi connectivity index (χ0v) is 7.83. The third-order valence-electron chi connectivity index (χ3n) is 1.48. The molecular weight excluding hydrogens is 245 g/mol. The largest absolute Gasteiger partial charge is 0.378 e. The molecule has 1 rings (SSSR count). The topological polar surface area (TPSA) is 29.5 Å². The lowest BCUT2D eigenvalue weighted by atomic mass is 10.4. The molecule has 4 heteroatoms. The van der Waals surface area contributed by atoms with Crippen LogP contribution in [-0.2, 0) is 9.53 Å². The summed E-state index contributed by atoms with van der Waals surface area (Å²) in [5.41, 5.74) is 0. The van der Waals surface area contributed by atoms with Crippen LogP contribution >= 0.6 is 22.6 Å². The van der Waals surface area contributed by atoms with E-state index in [4.69, 9.17) is 4.74 Å². The molecule has 0 aromatic rings. The van der Waals surface area contributed by atoms with E-state index in [1.165, 1.54) is 0 Å². The van der Waals surface area contributed by atoms with Gasteiger partial charge in [0.05, 0.1) is 17.6 Å². The highest BCUT2D eigenvalue weighted by molar-refractivity contribution is 14.1. The first-order valence-corrected chi connectivity index (χ1v) is 4.78. The van der Waals surface area contributed by atoms with Gasteiger partial charge in [-0.3, -0.25) is 4.79 Å². The second-order valence-electron chi connectivity index (χ2n) is 2.13. The summed E-state index contributed by atoms with van der Waals surface area (Å²) in [6, 6.07) is 0. The maximum Gasteiger partial charge on any atom is 0.232 e. The van der Waals surface area contributed by atoms with Gasteiger partial charge in [0.25, 0.3) is 0 Å². The molecule has 0 aliphatic carbocycles. The molecule has 0 unspecified atom stereocenters. The lowest BCUT2D eigenvalue weighted by molar-refractivity contribution is -0.132. The summed E-state index contributed by atoms with van der Waals surface area (Å²) in [5.74, 6) is 0.226. The Morgan fingerprint density at radius 3 is 2.60 bits per heavy atom. The third kappa shape index (κ3) is 2.09. The number of rotatable bonds is 1. The fraction of sp³-hybridized carbons (Fsp3) is 0.833. The van der Waals surface area contributed by atoms with Crippen LogP contribution in [0.4, 0.5) is 0 Å². The summed E-state index contributed by atoms with van der Waals surface area (Å²) in [6.45, 7) is 2.93. The minimum atomic E-state index is 0.226. The molecule has 1 heterocycles. The van der Waals surface area contributed by atoms with Crippen molar-refractivity contribution in [2.24, 2.45) is 0 Å². The van der Waals surface area contributed by atoms with Crippen LogP contribution in [-0.4, -0.2) is 41.5 Å². The van der Waals surface area contributed by atoms with Crippen molar-refractivity contribution in [3.8, 4) is 0 Å². The number of halogens is 1. The first-order chi connectivity index (χ1) is 4.84. The number of ether oxygens (including phenoxy) is 1. The molecule has 0 N–H and O–H groups in total. The lowest BCUT2D eigenvalue weighted by Gasteiger charge is -2.25. The number of hydrogen-bond donors (Lipinski definition) is 0. The third-order valence-corrected chi connectivity index (χ3v) is 2.13. The molecule has 0 radical (unpaired) electrons. The van der Waals surface area contributed by atoms with Crippen LogP contribution in [0.2, 0.25) is 0 Å². The molecule has 1 amide bonds. The van der Waals surface area contributed by atoms with Crippen LogP contribution in [0, 0.1) is 0 Å². The molecule has 1 aliphatic rings. The van der Waals surface area contributed by atoms with Gasteiger partial charge in [-0.25, -0.2) is 0 Å². The molecule has 0 aromatic heterocycles. The van der Waals surface area contributed by atoms with Gasteiger partial charge >= 0.3 is 0 Å². The van der Waals surface area contributed by atoms with Gasteiger partial charge in [-0.15, -0.1) is 0 Å². The van der Waals surface area contributed by atoms with Gasteiger partial charge in [-0.1, -0.05) is 22.6 Å². The van der Waals surface area contributed by atoms with E-state index in [0.717, 1.165) is 13.1 Å². The van der Waals surface area contributed by atoms with Crippen LogP contribution in [0.15, 0.2) is 0 Å². The number of nitrogens with zero attached hydrogens (tertiary/aromatic N) is 1. The van der Waals surface area contributed by atoms with E-state index in [9.17, 15) is 4.79 Å². The second-order valence-corrected chi connectivity index (χ2v) is 2.89. The molecule has 0 saturated carbocycles. The quantitative estimate of drug-likeness (QED) is 0.497. The molecular formula is C6H10INO2. The van der Waals surface area contributed by atoms with Crippen molar-refractivity contribution in [1.82, 2.24) is 4.90 Å². The first-order valence-electron chi connectivity index (χ1n) is 3.26. The fourth-order valence-corrected chi connectivity index (χ4v) is 1.38. The van der Waals surface area contributed by atoms with Gasteiger partial charge in [0, 0.05) is 13.1 Å². The van der Waals surface area contributed by atoms with Crippen LogP contribution in [0.25, 0.3) is 0 Å². The highest BCUT2D eigenvalue weighted by Crippen LogP contribution is 1.98. The minimum Gasteiger partial charge on any atom is -0.378 e. The Kier molecular flexibility index (Phi) is 3.41. The monoisotopic (exact) mass is 255 g/mol. The van der Waals surface area contributed by atoms with Crippen molar-refractivity contribution in [3.05, 3.63) is 0 Å². The average Bonchev–Trinajstić information content (AvgIpc) is 2.05. The summed E-state index contributed by atoms with van der Waals surface area (Å²) in [5, 5.41) is 0. The van der Waals surface area contributed by atoms with Crippen LogP contribution in [0.5, 0.6) is 0 Å². The smallest absolute Gasteiger partial charge is 0.232 e. The molecule has 3 nitrogen and oxygen atoms in total. The Balaban J connectivity index is 2.31. The Labute approximate surface area is 73.9 Å². The average molecular weight is 255 g/mol. The molecule has 58 valence electrons. The van der Waals surface area contributed by atoms with Crippen molar-refractivity contribution in [3.63, 3.8) is 0 Å². The lowest BCUT2D eigenvalue weighted by Crippen LogP contribution is -2.41. The normalized spacial score (nSPS) is 19.1. The first kappa shape index (κ1) is 8.26. The number of alkyl halides is 1. The van der Waals surface area contributed by atoms with Gasteiger partial charge in [0.1, 0.15) is 0 Å². The van der Waals surface area contributed by atoms with E-state index in [2.05, 4.69) is 22.6 Å². The van der Waals surface area contributed by atoms with Gasteiger partial charge in [0.15, 0.2) is 0 Å². The van der Waals surface area contributed by atoms with Gasteiger partial charge in [-0.05, 0) is 0 Å². The summed E-state index contributed by atoms with van der Waals surface area (Å²) in [6.07, 6.45) is 0. The SMILES string of the molecule is O=C(CI)N1CCOCC1. The van der Waals surface area contributed by atoms with E-state index in [1.807, 2.05) is 4.90 Å². The maximum atomic E-state index is 11.0. The summed E-state index contributed by atoms with van der Waals surface area (Å²) in [7, 11) is 0. The summed E-state index contributed by atoms with van der Waals surface area (Å²) in [4.78, 5) is 12.9. The van der Waals surface area contributed by atoms with E-state index < -0.39 is 0 Å². The molecule has 1 saturated heterocycles. The standard InChI is InChI=1S/C6H10INO2/c7-5-6(9)8-1-3-10-4-2-8/h1-5H2. The number of carbonyl (C=O) groups is 1.